The number of nitrogens with one attached hydrogen (secondary N) is 11. The second-order valence-electron chi connectivity index (χ2n) is 18.0. The Morgan fingerprint density at radius 1 is 0.623 bits per heavy atom. The molecule has 1 aliphatic heterocycles. The summed E-state index contributed by atoms with van der Waals surface area (Å²) in [5.74, 6) is -7.58. The summed E-state index contributed by atoms with van der Waals surface area (Å²) < 4.78 is 0. The number of carbonyl (C=O) groups excluding carboxylic acids is 10. The van der Waals surface area contributed by atoms with Gasteiger partial charge in [-0.25, -0.2) is 0 Å². The topological polar surface area (TPSA) is 368 Å². The Kier molecular flexibility index (Phi) is 23.0. The number of nitrogens with two attached hydrogens (primary N) is 1. The van der Waals surface area contributed by atoms with Crippen LogP contribution < -0.4 is 64.2 Å². The van der Waals surface area contributed by atoms with Crippen LogP contribution in [0.1, 0.15) is 56.7 Å². The molecule has 3 aromatic carbocycles. The molecule has 13 N–H and O–H groups in total. The Morgan fingerprint density at radius 2 is 1.13 bits per heavy atom. The van der Waals surface area contributed by atoms with Gasteiger partial charge in [0.1, 0.15) is 42.3 Å². The average molecular weight is 1080 g/mol. The second-order valence-corrected chi connectivity index (χ2v) is 18.4. The Morgan fingerprint density at radius 3 is 1.68 bits per heavy atom. The maximum Gasteiger partial charge on any atom is 0.243 e. The summed E-state index contributed by atoms with van der Waals surface area (Å²) in [6, 6.07) is 17.8. The van der Waals surface area contributed by atoms with Gasteiger partial charge in [0.2, 0.25) is 76.3 Å². The average Bonchev–Trinajstić information content (AvgIpc) is 3.40. The number of aromatic nitrogens is 3. The summed E-state index contributed by atoms with van der Waals surface area (Å²) in [6.07, 6.45) is 0.696. The first kappa shape index (κ1) is 59.1. The van der Waals surface area contributed by atoms with Gasteiger partial charge < -0.3 is 64.2 Å². The number of anilines is 2. The van der Waals surface area contributed by atoms with Crippen molar-refractivity contribution in [1.29, 1.82) is 0 Å². The van der Waals surface area contributed by atoms with Gasteiger partial charge in [-0.05, 0) is 68.3 Å². The van der Waals surface area contributed by atoms with Crippen molar-refractivity contribution in [2.45, 2.75) is 102 Å². The van der Waals surface area contributed by atoms with Crippen LogP contribution in [-0.4, -0.2) is 142 Å². The van der Waals surface area contributed by atoms with Gasteiger partial charge in [-0.15, -0.1) is 0 Å². The summed E-state index contributed by atoms with van der Waals surface area (Å²) >= 11 is 6.17. The molecule has 25 nitrogen and oxygen atoms in total. The third-order valence-corrected chi connectivity index (χ3v) is 12.0. The van der Waals surface area contributed by atoms with Crippen LogP contribution in [0.25, 0.3) is 0 Å². The fourth-order valence-corrected chi connectivity index (χ4v) is 7.78. The van der Waals surface area contributed by atoms with E-state index in [2.05, 4.69) is 73.4 Å². The van der Waals surface area contributed by atoms with E-state index in [-0.39, 0.29) is 55.8 Å². The Hall–Kier alpha value is -8.74. The molecule has 0 unspecified atom stereocenters. The predicted molar refractivity (Wildman–Crippen MR) is 282 cm³/mol. The molecular formula is C51H64ClN15O10. The number of benzene rings is 3. The molecule has 26 heteroatoms. The molecule has 77 heavy (non-hydrogen) atoms. The molecular weight excluding hydrogens is 1020 g/mol. The zero-order chi connectivity index (χ0) is 55.9. The summed E-state index contributed by atoms with van der Waals surface area (Å²) in [5, 5.41) is 28.5. The summed E-state index contributed by atoms with van der Waals surface area (Å²) in [4.78, 5) is 146. The largest absolute Gasteiger partial charge is 0.368 e. The predicted octanol–water partition coefficient (Wildman–Crippen LogP) is -1.57. The summed E-state index contributed by atoms with van der Waals surface area (Å²) in [7, 11) is 0. The van der Waals surface area contributed by atoms with Crippen molar-refractivity contribution in [3.63, 3.8) is 0 Å². The van der Waals surface area contributed by atoms with Gasteiger partial charge in [-0.1, -0.05) is 91.0 Å². The van der Waals surface area contributed by atoms with Crippen LogP contribution in [0, 0.1) is 0 Å². The van der Waals surface area contributed by atoms with Crippen LogP contribution in [0.4, 0.5) is 11.9 Å². The molecule has 2 bridgehead atoms. The second kappa shape index (κ2) is 30.0. The van der Waals surface area contributed by atoms with Crippen molar-refractivity contribution in [3.8, 4) is 0 Å². The quantitative estimate of drug-likeness (QED) is 0.0720. The van der Waals surface area contributed by atoms with E-state index in [4.69, 9.17) is 17.3 Å². The fourth-order valence-electron chi connectivity index (χ4n) is 7.62. The number of fused-ring (bicyclic) bond motifs is 2. The SMILES string of the molecule is C[C@H](NC(=O)CNC(=O)[C@@H]1CCCCNc2nc(Cl)nc(n2)NCC(=O)N[C@@H](C)C(=O)N[C@@H](Cc2ccccc2)C(=O)NCC(=O)N[C@@H](C)C(=O)N[C@@H](Cc2ccccc2)C(=O)N1)C(=O)N[C@@H](Cc1ccccc1)C(N)=O. The van der Waals surface area contributed by atoms with Crippen molar-refractivity contribution in [3.05, 3.63) is 113 Å². The van der Waals surface area contributed by atoms with Crippen LogP contribution in [-0.2, 0) is 67.2 Å². The zero-order valence-electron chi connectivity index (χ0n) is 42.7. The number of carbonyl (C=O) groups is 10. The van der Waals surface area contributed by atoms with Gasteiger partial charge in [-0.3, -0.25) is 47.9 Å². The number of nitrogens with zero attached hydrogens (tertiary/aromatic N) is 3. The van der Waals surface area contributed by atoms with E-state index < -0.39 is 121 Å². The lowest BCUT2D eigenvalue weighted by atomic mass is 10.0. The highest BCUT2D eigenvalue weighted by Gasteiger charge is 2.31. The van der Waals surface area contributed by atoms with E-state index >= 15 is 0 Å². The molecule has 2 heterocycles. The van der Waals surface area contributed by atoms with Crippen molar-refractivity contribution in [1.82, 2.24) is 62.8 Å². The highest BCUT2D eigenvalue weighted by molar-refractivity contribution is 6.28. The minimum atomic E-state index is -1.31. The van der Waals surface area contributed by atoms with Crippen molar-refractivity contribution in [2.24, 2.45) is 5.73 Å². The number of rotatable bonds is 13. The first-order valence-corrected chi connectivity index (χ1v) is 25.2. The molecule has 0 spiro atoms. The minimum absolute atomic E-state index is 0.00229. The molecule has 4 aromatic rings. The van der Waals surface area contributed by atoms with Crippen molar-refractivity contribution < 1.29 is 47.9 Å². The van der Waals surface area contributed by atoms with E-state index in [9.17, 15) is 47.9 Å². The summed E-state index contributed by atoms with van der Waals surface area (Å²) in [5.41, 5.74) is 7.60. The van der Waals surface area contributed by atoms with Gasteiger partial charge in [0, 0.05) is 25.8 Å². The lowest BCUT2D eigenvalue weighted by Crippen LogP contribution is -2.58. The number of primary amides is 1. The zero-order valence-corrected chi connectivity index (χ0v) is 43.4. The van der Waals surface area contributed by atoms with E-state index in [1.165, 1.54) is 20.8 Å². The monoisotopic (exact) mass is 1080 g/mol. The van der Waals surface area contributed by atoms with Gasteiger partial charge in [0.25, 0.3) is 0 Å². The van der Waals surface area contributed by atoms with Gasteiger partial charge >= 0.3 is 0 Å². The highest BCUT2D eigenvalue weighted by atomic mass is 35.5. The van der Waals surface area contributed by atoms with Gasteiger partial charge in [-0.2, -0.15) is 15.0 Å². The Balaban J connectivity index is 1.33. The molecule has 5 rings (SSSR count). The lowest BCUT2D eigenvalue weighted by Gasteiger charge is -2.25. The smallest absolute Gasteiger partial charge is 0.243 e. The third kappa shape index (κ3) is 20.5. The van der Waals surface area contributed by atoms with Crippen LogP contribution >= 0.6 is 11.6 Å². The maximum atomic E-state index is 14.3. The fraction of sp³-hybridized carbons (Fsp3) is 0.392. The number of hydrogen-bond donors (Lipinski definition) is 12. The lowest BCUT2D eigenvalue weighted by molar-refractivity contribution is -0.134. The van der Waals surface area contributed by atoms with Crippen LogP contribution in [0.15, 0.2) is 91.0 Å². The normalized spacial score (nSPS) is 20.3. The molecule has 0 saturated heterocycles. The Bertz CT molecular complexity index is 2710. The minimum Gasteiger partial charge on any atom is -0.368 e. The molecule has 0 radical (unpaired) electrons. The van der Waals surface area contributed by atoms with E-state index in [0.29, 0.717) is 17.5 Å². The van der Waals surface area contributed by atoms with Crippen LogP contribution in [0.2, 0.25) is 5.28 Å². The number of amides is 10. The van der Waals surface area contributed by atoms with Crippen molar-refractivity contribution in [2.75, 3.05) is 36.8 Å². The van der Waals surface area contributed by atoms with Gasteiger partial charge in [0.15, 0.2) is 0 Å². The molecule has 0 saturated carbocycles. The molecule has 1 aliphatic rings. The van der Waals surface area contributed by atoms with E-state index in [1.54, 1.807) is 91.0 Å². The van der Waals surface area contributed by atoms with Crippen LogP contribution in [0.5, 0.6) is 0 Å². The van der Waals surface area contributed by atoms with Crippen LogP contribution in [0.3, 0.4) is 0 Å². The first-order chi connectivity index (χ1) is 36.8. The van der Waals surface area contributed by atoms with E-state index in [1.807, 2.05) is 0 Å². The summed E-state index contributed by atoms with van der Waals surface area (Å²) in [6.45, 7) is 2.71. The molecule has 0 aliphatic carbocycles. The van der Waals surface area contributed by atoms with Gasteiger partial charge in [0.05, 0.1) is 19.6 Å². The maximum absolute atomic E-state index is 14.3. The van der Waals surface area contributed by atoms with E-state index in [0.717, 1.165) is 5.56 Å². The Labute approximate surface area is 449 Å². The number of hydrogen-bond acceptors (Lipinski definition) is 15. The standard InChI is InChI=1S/C51H64ClN15O10/c1-29(43(72)62-36(42(53)71)23-32-15-7-4-8-16-32)58-39(68)26-55-46(75)35-21-13-14-22-54-50-65-49(52)66-51(67-50)57-28-41(70)60-30(2)44(73)63-37(24-33-17-9-5-10-18-33)47(76)56-27-40(69)59-31(3)45(74)64-38(48(77)61-35)25-34-19-11-6-12-20-34/h4-12,15-20,29-31,35-38H,13-14,21-28H2,1-3H3,(H2,53,71)(H,55,75)(H,56,76)(H,58,68)(H,59,69)(H,60,70)(H,61,77)(H,62,72)(H,63,73)(H,64,74)(H2,54,57,65,66,67)/t29-,30-,31-,35-,36-,37-,38-/m0/s1. The molecule has 0 fully saturated rings. The first-order valence-electron chi connectivity index (χ1n) is 24.8. The third-order valence-electron chi connectivity index (χ3n) is 11.8. The van der Waals surface area contributed by atoms with Crippen molar-refractivity contribution >= 4 is 82.6 Å². The molecule has 7 atom stereocenters. The number of halogens is 1. The molecule has 410 valence electrons. The molecule has 1 aromatic heterocycles. The highest BCUT2D eigenvalue weighted by Crippen LogP contribution is 2.12. The molecule has 10 amide bonds.